The second-order valence-corrected chi connectivity index (χ2v) is 6.62. The predicted octanol–water partition coefficient (Wildman–Crippen LogP) is 0.284. The van der Waals surface area contributed by atoms with Crippen LogP contribution in [0, 0.1) is 0 Å². The molecule has 0 saturated carbocycles. The zero-order valence-corrected chi connectivity index (χ0v) is 16.2. The molecule has 10 heteroatoms. The number of amides is 4. The molecule has 150 valence electrons. The van der Waals surface area contributed by atoms with Crippen molar-refractivity contribution in [1.29, 1.82) is 0 Å². The first-order valence-corrected chi connectivity index (χ1v) is 8.42. The second kappa shape index (κ2) is 8.49. The lowest BCUT2D eigenvalue weighted by Gasteiger charge is -2.34. The van der Waals surface area contributed by atoms with E-state index in [1.807, 2.05) is 0 Å². The van der Waals surface area contributed by atoms with Gasteiger partial charge in [0, 0.05) is 6.42 Å². The number of ether oxygens (including phenoxy) is 1. The molecule has 1 fully saturated rings. The van der Waals surface area contributed by atoms with Crippen LogP contribution in [-0.2, 0) is 19.1 Å². The van der Waals surface area contributed by atoms with Crippen molar-refractivity contribution in [1.82, 2.24) is 14.7 Å². The van der Waals surface area contributed by atoms with E-state index in [9.17, 15) is 24.0 Å². The smallest absolute Gasteiger partial charge is 0.321 e. The number of fused-ring (bicyclic) bond motifs is 1. The Morgan fingerprint density at radius 3 is 2.21 bits per heavy atom. The number of imide groups is 2. The molecule has 0 spiro atoms. The topological polar surface area (TPSA) is 104 Å². The Hall–Kier alpha value is -2.78. The van der Waals surface area contributed by atoms with Gasteiger partial charge in [-0.3, -0.25) is 33.8 Å². The zero-order valence-electron chi connectivity index (χ0n) is 15.4. The van der Waals surface area contributed by atoms with Gasteiger partial charge in [-0.15, -0.1) is 12.4 Å². The normalized spacial score (nSPS) is 19.0. The third kappa shape index (κ3) is 3.90. The second-order valence-electron chi connectivity index (χ2n) is 6.62. The van der Waals surface area contributed by atoms with Gasteiger partial charge in [0.2, 0.25) is 5.91 Å². The first kappa shape index (κ1) is 21.5. The molecule has 1 saturated heterocycles. The Morgan fingerprint density at radius 1 is 1.11 bits per heavy atom. The minimum atomic E-state index is -1.09. The number of nitrogens with zero attached hydrogens (tertiary/aromatic N) is 3. The molecule has 1 atom stereocenters. The molecule has 4 amide bonds. The van der Waals surface area contributed by atoms with E-state index in [1.54, 1.807) is 31.1 Å². The van der Waals surface area contributed by atoms with Gasteiger partial charge in [-0.2, -0.15) is 0 Å². The minimum absolute atomic E-state index is 0. The maximum atomic E-state index is 12.8. The molecule has 2 aliphatic heterocycles. The summed E-state index contributed by atoms with van der Waals surface area (Å²) < 4.78 is 4.97. The van der Waals surface area contributed by atoms with Gasteiger partial charge in [0.25, 0.3) is 17.7 Å². The number of carbonyl (C=O) groups excluding carboxylic acids is 5. The third-order valence-corrected chi connectivity index (χ3v) is 4.42. The summed E-state index contributed by atoms with van der Waals surface area (Å²) in [5.41, 5.74) is 0.465. The van der Waals surface area contributed by atoms with Crippen LogP contribution in [0.15, 0.2) is 24.3 Å². The number of likely N-dealkylation sites (tertiary alicyclic amines) is 1. The molecule has 9 nitrogen and oxygen atoms in total. The van der Waals surface area contributed by atoms with E-state index < -0.39 is 42.4 Å². The number of piperidine rings is 1. The van der Waals surface area contributed by atoms with Gasteiger partial charge in [0.1, 0.15) is 6.04 Å². The van der Waals surface area contributed by atoms with Gasteiger partial charge in [0.15, 0.2) is 6.73 Å². The van der Waals surface area contributed by atoms with Crippen LogP contribution in [0.25, 0.3) is 0 Å². The molecule has 0 radical (unpaired) electrons. The highest BCUT2D eigenvalue weighted by Crippen LogP contribution is 2.28. The molecule has 2 heterocycles. The fraction of sp³-hybridized carbons (Fsp3) is 0.389. The monoisotopic (exact) mass is 409 g/mol. The van der Waals surface area contributed by atoms with Crippen molar-refractivity contribution in [3.05, 3.63) is 35.4 Å². The van der Waals surface area contributed by atoms with Crippen molar-refractivity contribution in [2.45, 2.75) is 18.9 Å². The first-order valence-electron chi connectivity index (χ1n) is 8.42. The summed E-state index contributed by atoms with van der Waals surface area (Å²) in [6.45, 7) is -0.540. The maximum Gasteiger partial charge on any atom is 0.321 e. The molecule has 0 aromatic heterocycles. The lowest BCUT2D eigenvalue weighted by Crippen LogP contribution is -2.56. The molecule has 1 aromatic rings. The fourth-order valence-electron chi connectivity index (χ4n) is 3.13. The van der Waals surface area contributed by atoms with E-state index in [2.05, 4.69) is 0 Å². The summed E-state index contributed by atoms with van der Waals surface area (Å²) in [5, 5.41) is 0. The van der Waals surface area contributed by atoms with E-state index in [4.69, 9.17) is 4.74 Å². The van der Waals surface area contributed by atoms with Crippen molar-refractivity contribution >= 4 is 42.0 Å². The molecule has 3 rings (SSSR count). The molecule has 1 aromatic carbocycles. The summed E-state index contributed by atoms with van der Waals surface area (Å²) in [7, 11) is 3.35. The molecule has 0 N–H and O–H groups in total. The number of esters is 1. The van der Waals surface area contributed by atoms with Crippen LogP contribution < -0.4 is 0 Å². The predicted molar refractivity (Wildman–Crippen MR) is 98.6 cm³/mol. The van der Waals surface area contributed by atoms with Gasteiger partial charge < -0.3 is 4.74 Å². The molecular weight excluding hydrogens is 390 g/mol. The number of halogens is 1. The Kier molecular flexibility index (Phi) is 6.52. The van der Waals surface area contributed by atoms with Gasteiger partial charge in [-0.05, 0) is 32.6 Å². The van der Waals surface area contributed by atoms with Crippen molar-refractivity contribution in [3.63, 3.8) is 0 Å². The summed E-state index contributed by atoms with van der Waals surface area (Å²) in [6, 6.07) is 5.22. The van der Waals surface area contributed by atoms with E-state index in [0.29, 0.717) is 0 Å². The maximum absolute atomic E-state index is 12.8. The van der Waals surface area contributed by atoms with Gasteiger partial charge in [-0.1, -0.05) is 12.1 Å². The zero-order chi connectivity index (χ0) is 19.7. The number of likely N-dealkylation sites (N-methyl/N-ethyl adjacent to an activating group) is 1. The van der Waals surface area contributed by atoms with Crippen LogP contribution in [0.5, 0.6) is 0 Å². The number of hydrogen-bond acceptors (Lipinski definition) is 7. The lowest BCUT2D eigenvalue weighted by atomic mass is 10.0. The van der Waals surface area contributed by atoms with Crippen molar-refractivity contribution in [3.8, 4) is 0 Å². The van der Waals surface area contributed by atoms with Crippen LogP contribution >= 0.6 is 12.4 Å². The standard InChI is InChI=1S/C18H19N3O6.ClH/c1-19(2)9-15(23)27-10-20-14(22)8-7-13(18(20)26)21-16(24)11-5-3-4-6-12(11)17(21)25;/h3-6,13H,7-10H2,1-2H3;1H. The van der Waals surface area contributed by atoms with Gasteiger partial charge in [-0.25, -0.2) is 4.90 Å². The number of benzene rings is 1. The number of hydrogen-bond donors (Lipinski definition) is 0. The number of rotatable bonds is 5. The summed E-state index contributed by atoms with van der Waals surface area (Å²) in [5.74, 6) is -2.95. The average Bonchev–Trinajstić information content (AvgIpc) is 2.86. The fourth-order valence-corrected chi connectivity index (χ4v) is 3.13. The Bertz CT molecular complexity index is 805. The summed E-state index contributed by atoms with van der Waals surface area (Å²) in [6.07, 6.45) is 0.0142. The Morgan fingerprint density at radius 2 is 1.68 bits per heavy atom. The Labute approximate surface area is 167 Å². The van der Waals surface area contributed by atoms with Crippen molar-refractivity contribution in [2.24, 2.45) is 0 Å². The highest BCUT2D eigenvalue weighted by molar-refractivity contribution is 6.23. The van der Waals surface area contributed by atoms with Crippen LogP contribution in [0.3, 0.4) is 0 Å². The minimum Gasteiger partial charge on any atom is -0.443 e. The van der Waals surface area contributed by atoms with Crippen molar-refractivity contribution < 1.29 is 28.7 Å². The first-order chi connectivity index (χ1) is 12.8. The molecule has 1 unspecified atom stereocenters. The van der Waals surface area contributed by atoms with E-state index >= 15 is 0 Å². The molecule has 2 aliphatic rings. The van der Waals surface area contributed by atoms with Crippen LogP contribution in [-0.4, -0.2) is 77.7 Å². The van der Waals surface area contributed by atoms with Crippen LogP contribution in [0.1, 0.15) is 33.6 Å². The average molecular weight is 410 g/mol. The molecule has 0 bridgehead atoms. The summed E-state index contributed by atoms with van der Waals surface area (Å²) >= 11 is 0. The van der Waals surface area contributed by atoms with E-state index in [0.717, 1.165) is 9.80 Å². The van der Waals surface area contributed by atoms with Gasteiger partial charge in [0.05, 0.1) is 17.7 Å². The molecular formula is C18H20ClN3O6. The largest absolute Gasteiger partial charge is 0.443 e. The highest BCUT2D eigenvalue weighted by atomic mass is 35.5. The number of carbonyl (C=O) groups is 5. The quantitative estimate of drug-likeness (QED) is 0.508. The highest BCUT2D eigenvalue weighted by Gasteiger charge is 2.47. The Balaban J connectivity index is 0.00000280. The van der Waals surface area contributed by atoms with Crippen molar-refractivity contribution in [2.75, 3.05) is 27.4 Å². The van der Waals surface area contributed by atoms with Gasteiger partial charge >= 0.3 is 5.97 Å². The van der Waals surface area contributed by atoms with E-state index in [1.165, 1.54) is 12.1 Å². The van der Waals surface area contributed by atoms with E-state index in [-0.39, 0.29) is 42.9 Å². The summed E-state index contributed by atoms with van der Waals surface area (Å²) in [4.78, 5) is 65.0. The molecule has 0 aliphatic carbocycles. The lowest BCUT2D eigenvalue weighted by molar-refractivity contribution is -0.164. The third-order valence-electron chi connectivity index (χ3n) is 4.42. The SMILES string of the molecule is CN(C)CC(=O)OCN1C(=O)CCC(N2C(=O)c3ccccc3C2=O)C1=O.Cl. The van der Waals surface area contributed by atoms with Crippen LogP contribution in [0.4, 0.5) is 0 Å². The molecule has 28 heavy (non-hydrogen) atoms. The van der Waals surface area contributed by atoms with Crippen LogP contribution in [0.2, 0.25) is 0 Å².